The van der Waals surface area contributed by atoms with Gasteiger partial charge in [-0.2, -0.15) is 0 Å². The minimum atomic E-state index is -3.57. The standard InChI is InChI=1S/C12H17BrFNO2S/c1-15(9-4-2-3-8-13)18(16,17)12-7-5-6-11(14)10-12/h5-7,10H,2-4,8-9H2,1H3. The van der Waals surface area contributed by atoms with Gasteiger partial charge >= 0.3 is 0 Å². The molecule has 0 aliphatic rings. The van der Waals surface area contributed by atoms with Gasteiger partial charge in [0.1, 0.15) is 5.82 Å². The number of hydrogen-bond donors (Lipinski definition) is 0. The van der Waals surface area contributed by atoms with Crippen molar-refractivity contribution in [2.45, 2.75) is 24.2 Å². The smallest absolute Gasteiger partial charge is 0.207 e. The minimum Gasteiger partial charge on any atom is -0.207 e. The van der Waals surface area contributed by atoms with Crippen molar-refractivity contribution in [2.75, 3.05) is 18.9 Å². The zero-order chi connectivity index (χ0) is 13.6. The lowest BCUT2D eigenvalue weighted by Gasteiger charge is -2.17. The van der Waals surface area contributed by atoms with E-state index in [0.717, 1.165) is 30.7 Å². The molecule has 0 bridgehead atoms. The summed E-state index contributed by atoms with van der Waals surface area (Å²) in [5.74, 6) is -0.538. The van der Waals surface area contributed by atoms with Crippen molar-refractivity contribution in [3.05, 3.63) is 30.1 Å². The van der Waals surface area contributed by atoms with E-state index in [1.807, 2.05) is 0 Å². The SMILES string of the molecule is CN(CCCCCBr)S(=O)(=O)c1cccc(F)c1. The van der Waals surface area contributed by atoms with Crippen LogP contribution in [-0.2, 0) is 10.0 Å². The van der Waals surface area contributed by atoms with Crippen molar-refractivity contribution < 1.29 is 12.8 Å². The summed E-state index contributed by atoms with van der Waals surface area (Å²) in [6.07, 6.45) is 2.79. The molecule has 0 heterocycles. The Morgan fingerprint density at radius 2 is 2.00 bits per heavy atom. The van der Waals surface area contributed by atoms with Crippen LogP contribution in [0.15, 0.2) is 29.2 Å². The van der Waals surface area contributed by atoms with Gasteiger partial charge in [0, 0.05) is 18.9 Å². The second kappa shape index (κ2) is 7.21. The van der Waals surface area contributed by atoms with Crippen LogP contribution in [0, 0.1) is 5.82 Å². The molecule has 0 amide bonds. The number of unbranched alkanes of at least 4 members (excludes halogenated alkanes) is 2. The Kier molecular flexibility index (Phi) is 6.25. The number of rotatable bonds is 7. The molecule has 102 valence electrons. The summed E-state index contributed by atoms with van der Waals surface area (Å²) >= 11 is 3.33. The molecule has 3 nitrogen and oxygen atoms in total. The number of alkyl halides is 1. The van der Waals surface area contributed by atoms with Crippen molar-refractivity contribution in [1.82, 2.24) is 4.31 Å². The summed E-state index contributed by atoms with van der Waals surface area (Å²) in [5, 5.41) is 0.924. The second-order valence-electron chi connectivity index (χ2n) is 4.03. The molecule has 0 spiro atoms. The molecule has 0 aliphatic heterocycles. The van der Waals surface area contributed by atoms with Crippen LogP contribution in [0.3, 0.4) is 0 Å². The topological polar surface area (TPSA) is 37.4 Å². The third kappa shape index (κ3) is 4.33. The first-order valence-electron chi connectivity index (χ1n) is 5.76. The molecule has 18 heavy (non-hydrogen) atoms. The molecule has 1 rings (SSSR count). The number of nitrogens with zero attached hydrogens (tertiary/aromatic N) is 1. The van der Waals surface area contributed by atoms with E-state index in [2.05, 4.69) is 15.9 Å². The fraction of sp³-hybridized carbons (Fsp3) is 0.500. The number of benzene rings is 1. The van der Waals surface area contributed by atoms with Gasteiger partial charge in [0.2, 0.25) is 10.0 Å². The number of sulfonamides is 1. The summed E-state index contributed by atoms with van der Waals surface area (Å²) in [5.41, 5.74) is 0. The van der Waals surface area contributed by atoms with Crippen LogP contribution < -0.4 is 0 Å². The van der Waals surface area contributed by atoms with Crippen LogP contribution in [-0.4, -0.2) is 31.6 Å². The molecule has 0 atom stereocenters. The van der Waals surface area contributed by atoms with E-state index in [4.69, 9.17) is 0 Å². The van der Waals surface area contributed by atoms with Gasteiger partial charge in [-0.15, -0.1) is 0 Å². The summed E-state index contributed by atoms with van der Waals surface area (Å²) in [4.78, 5) is 0.00508. The van der Waals surface area contributed by atoms with Crippen molar-refractivity contribution in [1.29, 1.82) is 0 Å². The van der Waals surface area contributed by atoms with E-state index >= 15 is 0 Å². The quantitative estimate of drug-likeness (QED) is 0.566. The van der Waals surface area contributed by atoms with E-state index < -0.39 is 15.8 Å². The highest BCUT2D eigenvalue weighted by atomic mass is 79.9. The maximum atomic E-state index is 13.0. The van der Waals surface area contributed by atoms with Gasteiger partial charge in [0.25, 0.3) is 0 Å². The first-order chi connectivity index (χ1) is 8.48. The lowest BCUT2D eigenvalue weighted by molar-refractivity contribution is 0.454. The Labute approximate surface area is 116 Å². The predicted molar refractivity (Wildman–Crippen MR) is 73.9 cm³/mol. The number of halogens is 2. The van der Waals surface area contributed by atoms with Crippen LogP contribution >= 0.6 is 15.9 Å². The molecule has 1 aromatic rings. The van der Waals surface area contributed by atoms with E-state index in [1.165, 1.54) is 29.6 Å². The lowest BCUT2D eigenvalue weighted by atomic mass is 10.2. The summed E-state index contributed by atoms with van der Waals surface area (Å²) in [6.45, 7) is 0.450. The Morgan fingerprint density at radius 1 is 1.28 bits per heavy atom. The van der Waals surface area contributed by atoms with Crippen LogP contribution in [0.25, 0.3) is 0 Å². The van der Waals surface area contributed by atoms with Crippen LogP contribution in [0.4, 0.5) is 4.39 Å². The third-order valence-corrected chi connectivity index (χ3v) is 5.02. The minimum absolute atomic E-state index is 0.00508. The monoisotopic (exact) mass is 337 g/mol. The molecular formula is C12H17BrFNO2S. The Morgan fingerprint density at radius 3 is 2.61 bits per heavy atom. The Hall–Kier alpha value is -0.460. The van der Waals surface area contributed by atoms with Gasteiger partial charge in [0.05, 0.1) is 4.90 Å². The van der Waals surface area contributed by atoms with Gasteiger partial charge in [-0.3, -0.25) is 0 Å². The van der Waals surface area contributed by atoms with E-state index in [9.17, 15) is 12.8 Å². The average molecular weight is 338 g/mol. The molecule has 0 radical (unpaired) electrons. The maximum Gasteiger partial charge on any atom is 0.242 e. The molecule has 0 saturated carbocycles. The highest BCUT2D eigenvalue weighted by Crippen LogP contribution is 2.16. The molecule has 0 fully saturated rings. The van der Waals surface area contributed by atoms with E-state index in [1.54, 1.807) is 0 Å². The molecular weight excluding hydrogens is 321 g/mol. The molecule has 0 aliphatic carbocycles. The lowest BCUT2D eigenvalue weighted by Crippen LogP contribution is -2.28. The molecule has 6 heteroatoms. The zero-order valence-corrected chi connectivity index (χ0v) is 12.7. The summed E-state index contributed by atoms with van der Waals surface area (Å²) in [6, 6.07) is 5.09. The van der Waals surface area contributed by atoms with E-state index in [0.29, 0.717) is 6.54 Å². The van der Waals surface area contributed by atoms with Crippen LogP contribution in [0.2, 0.25) is 0 Å². The van der Waals surface area contributed by atoms with Gasteiger partial charge in [-0.05, 0) is 31.0 Å². The maximum absolute atomic E-state index is 13.0. The van der Waals surface area contributed by atoms with Gasteiger partial charge in [-0.25, -0.2) is 17.1 Å². The first kappa shape index (κ1) is 15.6. The highest BCUT2D eigenvalue weighted by molar-refractivity contribution is 9.09. The highest BCUT2D eigenvalue weighted by Gasteiger charge is 2.20. The van der Waals surface area contributed by atoms with Crippen molar-refractivity contribution in [2.24, 2.45) is 0 Å². The number of hydrogen-bond acceptors (Lipinski definition) is 2. The van der Waals surface area contributed by atoms with Gasteiger partial charge in [0.15, 0.2) is 0 Å². The third-order valence-electron chi connectivity index (χ3n) is 2.61. The van der Waals surface area contributed by atoms with Gasteiger partial charge < -0.3 is 0 Å². The summed E-state index contributed by atoms with van der Waals surface area (Å²) in [7, 11) is -2.04. The molecule has 0 unspecified atom stereocenters. The van der Waals surface area contributed by atoms with E-state index in [-0.39, 0.29) is 4.90 Å². The van der Waals surface area contributed by atoms with Gasteiger partial charge in [-0.1, -0.05) is 28.4 Å². The predicted octanol–water partition coefficient (Wildman–Crippen LogP) is 3.01. The normalized spacial score (nSPS) is 12.0. The zero-order valence-electron chi connectivity index (χ0n) is 10.3. The van der Waals surface area contributed by atoms with Crippen LogP contribution in [0.1, 0.15) is 19.3 Å². The molecule has 0 aromatic heterocycles. The van der Waals surface area contributed by atoms with Crippen molar-refractivity contribution in [3.8, 4) is 0 Å². The van der Waals surface area contributed by atoms with Crippen molar-refractivity contribution >= 4 is 26.0 Å². The molecule has 0 N–H and O–H groups in total. The average Bonchev–Trinajstić information content (AvgIpc) is 2.34. The Balaban J connectivity index is 2.68. The fourth-order valence-electron chi connectivity index (χ4n) is 1.53. The largest absolute Gasteiger partial charge is 0.242 e. The first-order valence-corrected chi connectivity index (χ1v) is 8.32. The Bertz CT molecular complexity index is 479. The second-order valence-corrected chi connectivity index (χ2v) is 6.87. The molecule has 0 saturated heterocycles. The summed E-state index contributed by atoms with van der Waals surface area (Å²) < 4.78 is 38.5. The fourth-order valence-corrected chi connectivity index (χ4v) is 3.17. The molecule has 1 aromatic carbocycles. The van der Waals surface area contributed by atoms with Crippen molar-refractivity contribution in [3.63, 3.8) is 0 Å². The van der Waals surface area contributed by atoms with Crippen LogP contribution in [0.5, 0.6) is 0 Å².